The second kappa shape index (κ2) is 6.83. The van der Waals surface area contributed by atoms with Gasteiger partial charge in [-0.25, -0.2) is 0 Å². The molecule has 0 bridgehead atoms. The van der Waals surface area contributed by atoms with Gasteiger partial charge in [-0.15, -0.1) is 0 Å². The summed E-state index contributed by atoms with van der Waals surface area (Å²) in [6.07, 6.45) is 1.76. The number of hydrogen-bond donors (Lipinski definition) is 0. The summed E-state index contributed by atoms with van der Waals surface area (Å²) in [6, 6.07) is 12.2. The lowest BCUT2D eigenvalue weighted by Gasteiger charge is -2.16. The van der Waals surface area contributed by atoms with E-state index in [0.29, 0.717) is 30.0 Å². The van der Waals surface area contributed by atoms with Crippen molar-refractivity contribution in [2.24, 2.45) is 0 Å². The maximum Gasteiger partial charge on any atom is 0.270 e. The highest BCUT2D eigenvalue weighted by Crippen LogP contribution is 2.39. The number of benzene rings is 2. The van der Waals surface area contributed by atoms with Crippen LogP contribution < -0.4 is 4.90 Å². The van der Waals surface area contributed by atoms with Crippen LogP contribution in [0, 0.1) is 0 Å². The van der Waals surface area contributed by atoms with E-state index < -0.39 is 0 Å². The van der Waals surface area contributed by atoms with Gasteiger partial charge in [-0.1, -0.05) is 70.9 Å². The first-order valence-electron chi connectivity index (χ1n) is 6.44. The molecule has 1 amide bonds. The highest BCUT2D eigenvalue weighted by molar-refractivity contribution is 8.27. The SMILES string of the molecule is O=C1/C(=C\c2cccc(Cl)c2)SC(=S)N1c1ccc(Cl)cc1Cl. The van der Waals surface area contributed by atoms with Crippen molar-refractivity contribution in [3.8, 4) is 0 Å². The summed E-state index contributed by atoms with van der Waals surface area (Å²) >= 11 is 24.6. The second-order valence-electron chi connectivity index (χ2n) is 4.67. The fourth-order valence-corrected chi connectivity index (χ4v) is 4.06. The van der Waals surface area contributed by atoms with Crippen molar-refractivity contribution in [2.75, 3.05) is 4.90 Å². The summed E-state index contributed by atoms with van der Waals surface area (Å²) in [6.45, 7) is 0. The minimum atomic E-state index is -0.218. The third-order valence-electron chi connectivity index (χ3n) is 3.09. The second-order valence-corrected chi connectivity index (χ2v) is 7.62. The van der Waals surface area contributed by atoms with Crippen molar-refractivity contribution >= 4 is 80.8 Å². The summed E-state index contributed by atoms with van der Waals surface area (Å²) in [5.74, 6) is -0.218. The molecule has 0 spiro atoms. The molecule has 1 saturated heterocycles. The van der Waals surface area contributed by atoms with Crippen molar-refractivity contribution < 1.29 is 4.79 Å². The Labute approximate surface area is 158 Å². The van der Waals surface area contributed by atoms with Gasteiger partial charge in [0.05, 0.1) is 15.6 Å². The smallest absolute Gasteiger partial charge is 0.268 e. The number of anilines is 1. The summed E-state index contributed by atoms with van der Waals surface area (Å²) in [5.41, 5.74) is 1.35. The Morgan fingerprint density at radius 3 is 2.48 bits per heavy atom. The number of nitrogens with zero attached hydrogens (tertiary/aromatic N) is 1. The molecule has 0 radical (unpaired) electrons. The maximum absolute atomic E-state index is 12.7. The van der Waals surface area contributed by atoms with Crippen molar-refractivity contribution in [1.29, 1.82) is 0 Å². The van der Waals surface area contributed by atoms with Crippen molar-refractivity contribution in [3.63, 3.8) is 0 Å². The van der Waals surface area contributed by atoms with Crippen LogP contribution in [0.15, 0.2) is 47.4 Å². The molecule has 0 atom stereocenters. The molecular formula is C16H8Cl3NOS2. The number of thiocarbonyl (C=S) groups is 1. The average Bonchev–Trinajstić information content (AvgIpc) is 2.74. The summed E-state index contributed by atoms with van der Waals surface area (Å²) < 4.78 is 0.424. The van der Waals surface area contributed by atoms with Crippen LogP contribution in [-0.2, 0) is 4.79 Å². The first-order chi connectivity index (χ1) is 11.0. The minimum Gasteiger partial charge on any atom is -0.268 e. The molecule has 0 N–H and O–H groups in total. The van der Waals surface area contributed by atoms with E-state index >= 15 is 0 Å². The fraction of sp³-hybridized carbons (Fsp3) is 0. The van der Waals surface area contributed by atoms with E-state index in [1.165, 1.54) is 16.7 Å². The zero-order valence-electron chi connectivity index (χ0n) is 11.4. The maximum atomic E-state index is 12.7. The average molecular weight is 401 g/mol. The van der Waals surface area contributed by atoms with Crippen molar-refractivity contribution in [2.45, 2.75) is 0 Å². The monoisotopic (exact) mass is 399 g/mol. The molecule has 116 valence electrons. The Balaban J connectivity index is 1.97. The van der Waals surface area contributed by atoms with Crippen LogP contribution in [0.5, 0.6) is 0 Å². The molecular weight excluding hydrogens is 393 g/mol. The molecule has 0 aromatic heterocycles. The molecule has 1 fully saturated rings. The van der Waals surface area contributed by atoms with E-state index in [0.717, 1.165) is 5.56 Å². The highest BCUT2D eigenvalue weighted by atomic mass is 35.5. The number of thioether (sulfide) groups is 1. The number of carbonyl (C=O) groups is 1. The standard InChI is InChI=1S/C16H8Cl3NOS2/c17-10-3-1-2-9(6-10)7-14-15(21)20(16(22)23-14)13-5-4-11(18)8-12(13)19/h1-8H/b14-7+. The van der Waals surface area contributed by atoms with E-state index in [4.69, 9.17) is 47.0 Å². The number of rotatable bonds is 2. The Bertz CT molecular complexity index is 851. The van der Waals surface area contributed by atoms with Gasteiger partial charge in [0.1, 0.15) is 0 Å². The van der Waals surface area contributed by atoms with Gasteiger partial charge in [0.25, 0.3) is 5.91 Å². The third-order valence-corrected chi connectivity index (χ3v) is 5.17. The van der Waals surface area contributed by atoms with Gasteiger partial charge in [-0.3, -0.25) is 9.69 Å². The third kappa shape index (κ3) is 3.57. The molecule has 0 unspecified atom stereocenters. The van der Waals surface area contributed by atoms with Gasteiger partial charge in [0.2, 0.25) is 0 Å². The molecule has 0 aliphatic carbocycles. The predicted molar refractivity (Wildman–Crippen MR) is 104 cm³/mol. The zero-order chi connectivity index (χ0) is 16.6. The Morgan fingerprint density at radius 1 is 1.04 bits per heavy atom. The molecule has 7 heteroatoms. The molecule has 2 nitrogen and oxygen atoms in total. The van der Waals surface area contributed by atoms with E-state index in [2.05, 4.69) is 0 Å². The molecule has 3 rings (SSSR count). The van der Waals surface area contributed by atoms with Crippen molar-refractivity contribution in [1.82, 2.24) is 0 Å². The summed E-state index contributed by atoms with van der Waals surface area (Å²) in [5, 5.41) is 1.48. The van der Waals surface area contributed by atoms with E-state index in [1.807, 2.05) is 12.1 Å². The molecule has 0 saturated carbocycles. The van der Waals surface area contributed by atoms with Gasteiger partial charge < -0.3 is 0 Å². The molecule has 2 aromatic carbocycles. The normalized spacial score (nSPS) is 16.5. The van der Waals surface area contributed by atoms with Crippen LogP contribution in [0.4, 0.5) is 5.69 Å². The van der Waals surface area contributed by atoms with Gasteiger partial charge in [-0.2, -0.15) is 0 Å². The molecule has 1 aliphatic heterocycles. The first-order valence-corrected chi connectivity index (χ1v) is 8.80. The summed E-state index contributed by atoms with van der Waals surface area (Å²) in [4.78, 5) is 14.6. The fourth-order valence-electron chi connectivity index (χ4n) is 2.09. The van der Waals surface area contributed by atoms with E-state index in [1.54, 1.807) is 36.4 Å². The quantitative estimate of drug-likeness (QED) is 0.452. The van der Waals surface area contributed by atoms with E-state index in [9.17, 15) is 4.79 Å². The molecule has 2 aromatic rings. The van der Waals surface area contributed by atoms with Gasteiger partial charge in [0.15, 0.2) is 4.32 Å². The Hall–Kier alpha value is -1.04. The van der Waals surface area contributed by atoms with Crippen LogP contribution in [0.2, 0.25) is 15.1 Å². The zero-order valence-corrected chi connectivity index (χ0v) is 15.3. The van der Waals surface area contributed by atoms with Crippen LogP contribution in [0.3, 0.4) is 0 Å². The number of amides is 1. The molecule has 1 heterocycles. The first kappa shape index (κ1) is 16.8. The Kier molecular flexibility index (Phi) is 4.99. The van der Waals surface area contributed by atoms with Gasteiger partial charge in [0, 0.05) is 10.0 Å². The lowest BCUT2D eigenvalue weighted by molar-refractivity contribution is -0.113. The lowest BCUT2D eigenvalue weighted by atomic mass is 10.2. The van der Waals surface area contributed by atoms with Crippen LogP contribution >= 0.6 is 58.8 Å². The largest absolute Gasteiger partial charge is 0.270 e. The Morgan fingerprint density at radius 2 is 1.78 bits per heavy atom. The highest BCUT2D eigenvalue weighted by Gasteiger charge is 2.34. The van der Waals surface area contributed by atoms with Crippen LogP contribution in [-0.4, -0.2) is 10.2 Å². The van der Waals surface area contributed by atoms with Crippen LogP contribution in [0.25, 0.3) is 6.08 Å². The molecule has 1 aliphatic rings. The number of hydrogen-bond acceptors (Lipinski definition) is 3. The lowest BCUT2D eigenvalue weighted by Crippen LogP contribution is -2.27. The van der Waals surface area contributed by atoms with Gasteiger partial charge in [-0.05, 0) is 42.0 Å². The minimum absolute atomic E-state index is 0.218. The van der Waals surface area contributed by atoms with Crippen LogP contribution in [0.1, 0.15) is 5.56 Å². The van der Waals surface area contributed by atoms with Gasteiger partial charge >= 0.3 is 0 Å². The summed E-state index contributed by atoms with van der Waals surface area (Å²) in [7, 11) is 0. The number of halogens is 3. The van der Waals surface area contributed by atoms with E-state index in [-0.39, 0.29) is 5.91 Å². The van der Waals surface area contributed by atoms with Crippen molar-refractivity contribution in [3.05, 3.63) is 68.0 Å². The number of carbonyl (C=O) groups excluding carboxylic acids is 1. The topological polar surface area (TPSA) is 20.3 Å². The predicted octanol–water partition coefficient (Wildman–Crippen LogP) is 6.05. The molecule has 23 heavy (non-hydrogen) atoms.